The molecule has 0 aliphatic carbocycles. The molecule has 2 unspecified atom stereocenters. The smallest absolute Gasteiger partial charge is 0.0717 e. The molecule has 0 heterocycles. The van der Waals surface area contributed by atoms with Crippen LogP contribution in [0.5, 0.6) is 0 Å². The quantitative estimate of drug-likeness (QED) is 0.0382. The molecule has 0 aliphatic heterocycles. The molecule has 0 amide bonds. The Morgan fingerprint density at radius 3 is 1.02 bits per heavy atom. The average Bonchev–Trinajstić information content (AvgIpc) is 3.00. The van der Waals surface area contributed by atoms with Crippen molar-refractivity contribution >= 4 is 39.2 Å². The number of hydrogen-bond acceptors (Lipinski definition) is 4. The fourth-order valence-electron chi connectivity index (χ4n) is 6.24. The molecule has 0 saturated carbocycles. The van der Waals surface area contributed by atoms with Crippen LogP contribution in [-0.2, 0) is 9.47 Å². The Balaban J connectivity index is 4.40. The molecule has 0 spiro atoms. The Morgan fingerprint density at radius 1 is 0.405 bits per heavy atom. The predicted molar refractivity (Wildman–Crippen MR) is 204 cm³/mol. The minimum atomic E-state index is -0.804. The highest BCUT2D eigenvalue weighted by Gasteiger charge is 2.24. The zero-order valence-electron chi connectivity index (χ0n) is 29.7. The first-order valence-electron chi connectivity index (χ1n) is 19.2. The number of unbranched alkanes of at least 4 members (excludes halogenated alkanes) is 10. The number of ether oxygens (including phenoxy) is 2. The van der Waals surface area contributed by atoms with Crippen LogP contribution in [-0.4, -0.2) is 53.8 Å². The molecular formula is C36H78O2S2Si2. The van der Waals surface area contributed by atoms with Crippen LogP contribution >= 0.6 is 21.6 Å². The molecular weight excluding hydrogens is 585 g/mol. The molecule has 0 N–H and O–H groups in total. The summed E-state index contributed by atoms with van der Waals surface area (Å²) in [7, 11) is 2.66. The molecule has 254 valence electrons. The van der Waals surface area contributed by atoms with Crippen LogP contribution in [0.3, 0.4) is 0 Å². The van der Waals surface area contributed by atoms with Crippen molar-refractivity contribution in [2.24, 2.45) is 0 Å². The highest BCUT2D eigenvalue weighted by molar-refractivity contribution is 8.76. The average molecular weight is 663 g/mol. The molecule has 0 bridgehead atoms. The fraction of sp³-hybridized carbons (Fsp3) is 1.00. The van der Waals surface area contributed by atoms with Gasteiger partial charge in [-0.2, -0.15) is 0 Å². The van der Waals surface area contributed by atoms with E-state index in [-0.39, 0.29) is 0 Å². The van der Waals surface area contributed by atoms with Gasteiger partial charge in [-0.25, -0.2) is 0 Å². The first-order chi connectivity index (χ1) is 20.7. The zero-order chi connectivity index (χ0) is 30.9. The van der Waals surface area contributed by atoms with Crippen molar-refractivity contribution in [1.82, 2.24) is 0 Å². The summed E-state index contributed by atoms with van der Waals surface area (Å²) in [5.41, 5.74) is 1.27. The van der Waals surface area contributed by atoms with E-state index in [9.17, 15) is 0 Å². The van der Waals surface area contributed by atoms with E-state index in [1.807, 2.05) is 0 Å². The third kappa shape index (κ3) is 26.3. The highest BCUT2D eigenvalue weighted by Crippen LogP contribution is 2.27. The third-order valence-corrected chi connectivity index (χ3v) is 19.2. The van der Waals surface area contributed by atoms with Crippen LogP contribution in [0.25, 0.3) is 0 Å². The van der Waals surface area contributed by atoms with Gasteiger partial charge in [0.2, 0.25) is 0 Å². The lowest BCUT2D eigenvalue weighted by molar-refractivity contribution is 0.0943. The fourth-order valence-corrected chi connectivity index (χ4v) is 16.1. The molecule has 0 radical (unpaired) electrons. The van der Waals surface area contributed by atoms with E-state index >= 15 is 0 Å². The molecule has 0 fully saturated rings. The van der Waals surface area contributed by atoms with Crippen LogP contribution in [0.15, 0.2) is 0 Å². The minimum Gasteiger partial charge on any atom is -0.382 e. The Morgan fingerprint density at radius 2 is 0.738 bits per heavy atom. The van der Waals surface area contributed by atoms with Crippen LogP contribution in [0, 0.1) is 0 Å². The van der Waals surface area contributed by atoms with Gasteiger partial charge < -0.3 is 9.47 Å². The van der Waals surface area contributed by atoms with Gasteiger partial charge in [0, 0.05) is 36.2 Å². The molecule has 2 atom stereocenters. The third-order valence-electron chi connectivity index (χ3n) is 8.85. The molecule has 0 aromatic rings. The van der Waals surface area contributed by atoms with Crippen molar-refractivity contribution in [2.45, 2.75) is 206 Å². The largest absolute Gasteiger partial charge is 0.382 e. The van der Waals surface area contributed by atoms with Gasteiger partial charge in [-0.15, -0.1) is 0 Å². The molecule has 42 heavy (non-hydrogen) atoms. The maximum absolute atomic E-state index is 6.54. The van der Waals surface area contributed by atoms with Gasteiger partial charge in [-0.1, -0.05) is 177 Å². The number of rotatable bonds is 35. The monoisotopic (exact) mass is 662 g/mol. The second-order valence-corrected chi connectivity index (χ2v) is 22.5. The van der Waals surface area contributed by atoms with Crippen LogP contribution in [0.4, 0.5) is 0 Å². The minimum absolute atomic E-state index is 0.635. The molecule has 2 nitrogen and oxygen atoms in total. The Labute approximate surface area is 277 Å². The molecule has 6 heteroatoms. The van der Waals surface area contributed by atoms with Gasteiger partial charge in [-0.3, -0.25) is 0 Å². The van der Waals surface area contributed by atoms with E-state index in [1.54, 1.807) is 0 Å². The van der Waals surface area contributed by atoms with Gasteiger partial charge >= 0.3 is 0 Å². The van der Waals surface area contributed by atoms with Crippen LogP contribution < -0.4 is 0 Å². The summed E-state index contributed by atoms with van der Waals surface area (Å²) in [6.45, 7) is 15.9. The van der Waals surface area contributed by atoms with Gasteiger partial charge in [0.15, 0.2) is 0 Å². The summed E-state index contributed by atoms with van der Waals surface area (Å²) in [5, 5.41) is 0. The number of hydrogen-bond donors (Lipinski definition) is 0. The maximum atomic E-state index is 6.54. The second-order valence-electron chi connectivity index (χ2n) is 13.0. The second kappa shape index (κ2) is 34.9. The summed E-state index contributed by atoms with van der Waals surface area (Å²) < 4.78 is 13.1. The Bertz CT molecular complexity index is 451. The lowest BCUT2D eigenvalue weighted by Crippen LogP contribution is -2.34. The topological polar surface area (TPSA) is 18.5 Å². The molecule has 0 aromatic carbocycles. The van der Waals surface area contributed by atoms with Crippen molar-refractivity contribution in [1.29, 1.82) is 0 Å². The van der Waals surface area contributed by atoms with Crippen molar-refractivity contribution in [2.75, 3.05) is 24.7 Å². The SMILES string of the molecule is CCCCC[SiH](CCCCC)C(CCCCSSCCCCC(OCCC)[SiH](CCCCC)CCCCC)OCCC. The van der Waals surface area contributed by atoms with Crippen molar-refractivity contribution < 1.29 is 9.47 Å². The van der Waals surface area contributed by atoms with E-state index in [1.165, 1.54) is 164 Å². The van der Waals surface area contributed by atoms with Crippen LogP contribution in [0.2, 0.25) is 24.2 Å². The highest BCUT2D eigenvalue weighted by atomic mass is 33.1. The molecule has 0 aromatic heterocycles. The summed E-state index contributed by atoms with van der Waals surface area (Å²) in [6, 6.07) is 6.06. The van der Waals surface area contributed by atoms with Gasteiger partial charge in [0.05, 0.1) is 17.6 Å². The first kappa shape index (κ1) is 43.1. The normalized spacial score (nSPS) is 13.4. The maximum Gasteiger partial charge on any atom is 0.0717 e. The Hall–Kier alpha value is 1.05. The molecule has 0 aliphatic rings. The van der Waals surface area contributed by atoms with Crippen molar-refractivity contribution in [3.63, 3.8) is 0 Å². The van der Waals surface area contributed by atoms with Gasteiger partial charge in [-0.05, 0) is 38.5 Å². The first-order valence-corrected chi connectivity index (χ1v) is 26.2. The van der Waals surface area contributed by atoms with E-state index < -0.39 is 17.6 Å². The standard InChI is InChI=1S/C36H78O2S2Si2/c1-7-13-21-31-41(32-22-14-8-2)35(37-27-11-5)25-17-19-29-39-40-30-20-18-26-36(38-28-12-6)42(33-23-15-9-3)34-24-16-10-4/h35-36,41-42H,7-34H2,1-6H3. The summed E-state index contributed by atoms with van der Waals surface area (Å²) in [5.74, 6) is 2.63. The van der Waals surface area contributed by atoms with Crippen molar-refractivity contribution in [3.05, 3.63) is 0 Å². The summed E-state index contributed by atoms with van der Waals surface area (Å²) >= 11 is 0. The molecule has 0 saturated heterocycles. The van der Waals surface area contributed by atoms with Gasteiger partial charge in [0.1, 0.15) is 0 Å². The zero-order valence-corrected chi connectivity index (χ0v) is 33.7. The van der Waals surface area contributed by atoms with Crippen LogP contribution in [0.1, 0.15) is 170 Å². The predicted octanol–water partition coefficient (Wildman–Crippen LogP) is 12.6. The van der Waals surface area contributed by atoms with E-state index in [2.05, 4.69) is 63.1 Å². The Kier molecular flexibility index (Phi) is 35.8. The molecule has 0 rings (SSSR count). The van der Waals surface area contributed by atoms with E-state index in [0.29, 0.717) is 11.5 Å². The van der Waals surface area contributed by atoms with E-state index in [0.717, 1.165) is 13.2 Å². The van der Waals surface area contributed by atoms with Gasteiger partial charge in [0.25, 0.3) is 0 Å². The lowest BCUT2D eigenvalue weighted by Gasteiger charge is -2.27. The summed E-state index contributed by atoms with van der Waals surface area (Å²) in [6.07, 6.45) is 27.3. The van der Waals surface area contributed by atoms with E-state index in [4.69, 9.17) is 9.47 Å². The lowest BCUT2D eigenvalue weighted by atomic mass is 10.2. The van der Waals surface area contributed by atoms with Crippen molar-refractivity contribution in [3.8, 4) is 0 Å². The summed E-state index contributed by atoms with van der Waals surface area (Å²) in [4.78, 5) is 0.